The number of allylic oxidation sites excluding steroid dienone is 1. The monoisotopic (exact) mass is 343 g/mol. The van der Waals surface area contributed by atoms with Gasteiger partial charge in [-0.2, -0.15) is 4.91 Å². The Morgan fingerprint density at radius 2 is 1.96 bits per heavy atom. The first-order valence-corrected chi connectivity index (χ1v) is 10.5. The van der Waals surface area contributed by atoms with Crippen molar-refractivity contribution in [2.45, 2.75) is 72.1 Å². The summed E-state index contributed by atoms with van der Waals surface area (Å²) in [6, 6.07) is 0. The Hall–Kier alpha value is -0.990. The van der Waals surface area contributed by atoms with Crippen LogP contribution in [0.25, 0.3) is 0 Å². The molecule has 138 valence electrons. The van der Waals surface area contributed by atoms with Crippen LogP contribution in [0.2, 0.25) is 0 Å². The molecule has 4 aliphatic rings. The fourth-order valence-corrected chi connectivity index (χ4v) is 7.77. The average Bonchev–Trinajstić information content (AvgIpc) is 2.93. The van der Waals surface area contributed by atoms with Crippen LogP contribution in [-0.2, 0) is 4.79 Å². The van der Waals surface area contributed by atoms with E-state index in [9.17, 15) is 9.70 Å². The van der Waals surface area contributed by atoms with Crippen molar-refractivity contribution in [3.63, 3.8) is 0 Å². The second-order valence-corrected chi connectivity index (χ2v) is 9.84. The van der Waals surface area contributed by atoms with Gasteiger partial charge in [0.25, 0.3) is 0 Å². The first-order valence-electron chi connectivity index (χ1n) is 10.5. The van der Waals surface area contributed by atoms with Gasteiger partial charge in [0.15, 0.2) is 5.78 Å². The van der Waals surface area contributed by atoms with Gasteiger partial charge in [-0.1, -0.05) is 37.9 Å². The van der Waals surface area contributed by atoms with Crippen molar-refractivity contribution in [1.29, 1.82) is 0 Å². The first kappa shape index (κ1) is 17.4. The molecule has 3 nitrogen and oxygen atoms in total. The van der Waals surface area contributed by atoms with Crippen molar-refractivity contribution >= 4 is 5.78 Å². The standard InChI is InChI=1S/C22H33NO2/c1-4-15-6-8-18-17-7-5-16-11-20(24)14(13-23-25)12-22(16,3)19(17)9-10-21(15,18)2/h11,14-15,17-19H,4-10,12-13H2,1-3H3/t14?,15-,17-,18-,19-,21+,22-/m0/s1. The van der Waals surface area contributed by atoms with Gasteiger partial charge in [-0.15, -0.1) is 0 Å². The molecule has 0 aromatic carbocycles. The lowest BCUT2D eigenvalue weighted by Crippen LogP contribution is -2.51. The third-order valence-corrected chi connectivity index (χ3v) is 9.11. The van der Waals surface area contributed by atoms with Gasteiger partial charge in [-0.05, 0) is 85.5 Å². The molecule has 0 heterocycles. The van der Waals surface area contributed by atoms with Crippen molar-refractivity contribution in [1.82, 2.24) is 0 Å². The van der Waals surface area contributed by atoms with Gasteiger partial charge in [0.1, 0.15) is 0 Å². The molecule has 4 rings (SSSR count). The fourth-order valence-electron chi connectivity index (χ4n) is 7.77. The average molecular weight is 344 g/mol. The Bertz CT molecular complexity index is 611. The van der Waals surface area contributed by atoms with Crippen molar-refractivity contribution in [3.05, 3.63) is 16.6 Å². The number of fused-ring (bicyclic) bond motifs is 5. The number of carbonyl (C=O) groups excluding carboxylic acids is 1. The molecule has 3 fully saturated rings. The zero-order valence-electron chi connectivity index (χ0n) is 16.1. The van der Waals surface area contributed by atoms with Crippen molar-refractivity contribution in [2.75, 3.05) is 6.54 Å². The van der Waals surface area contributed by atoms with Crippen LogP contribution in [-0.4, -0.2) is 12.3 Å². The number of carbonyl (C=O) groups is 1. The predicted molar refractivity (Wildman–Crippen MR) is 100 cm³/mol. The van der Waals surface area contributed by atoms with E-state index in [1.165, 1.54) is 44.1 Å². The summed E-state index contributed by atoms with van der Waals surface area (Å²) in [4.78, 5) is 23.2. The summed E-state index contributed by atoms with van der Waals surface area (Å²) in [7, 11) is 0. The molecule has 4 aliphatic carbocycles. The van der Waals surface area contributed by atoms with Gasteiger partial charge >= 0.3 is 0 Å². The summed E-state index contributed by atoms with van der Waals surface area (Å²) >= 11 is 0. The van der Waals surface area contributed by atoms with E-state index in [0.717, 1.165) is 30.6 Å². The van der Waals surface area contributed by atoms with Crippen LogP contribution in [0.5, 0.6) is 0 Å². The molecule has 0 radical (unpaired) electrons. The number of rotatable bonds is 3. The van der Waals surface area contributed by atoms with Crippen LogP contribution in [0, 0.1) is 45.3 Å². The quantitative estimate of drug-likeness (QED) is 0.632. The van der Waals surface area contributed by atoms with E-state index < -0.39 is 0 Å². The second kappa shape index (κ2) is 6.03. The van der Waals surface area contributed by atoms with E-state index in [2.05, 4.69) is 25.9 Å². The molecular formula is C22H33NO2. The first-order chi connectivity index (χ1) is 11.9. The molecule has 0 bridgehead atoms. The molecule has 1 unspecified atom stereocenters. The lowest BCUT2D eigenvalue weighted by molar-refractivity contribution is -0.122. The maximum atomic E-state index is 12.4. The summed E-state index contributed by atoms with van der Waals surface area (Å²) in [6.07, 6.45) is 11.9. The molecule has 0 aliphatic heterocycles. The third-order valence-electron chi connectivity index (χ3n) is 9.11. The van der Waals surface area contributed by atoms with E-state index >= 15 is 0 Å². The maximum Gasteiger partial charge on any atom is 0.160 e. The van der Waals surface area contributed by atoms with Crippen LogP contribution in [0.1, 0.15) is 72.1 Å². The molecular weight excluding hydrogens is 310 g/mol. The Morgan fingerprint density at radius 3 is 2.68 bits per heavy atom. The Morgan fingerprint density at radius 1 is 1.16 bits per heavy atom. The predicted octanol–water partition coefficient (Wildman–Crippen LogP) is 5.54. The summed E-state index contributed by atoms with van der Waals surface area (Å²) in [5.74, 6) is 3.26. The Balaban J connectivity index is 1.65. The van der Waals surface area contributed by atoms with E-state index in [0.29, 0.717) is 11.3 Å². The Kier molecular flexibility index (Phi) is 4.20. The van der Waals surface area contributed by atoms with Gasteiger partial charge in [-0.3, -0.25) is 4.79 Å². The van der Waals surface area contributed by atoms with E-state index in [4.69, 9.17) is 0 Å². The second-order valence-electron chi connectivity index (χ2n) is 9.84. The number of nitrogens with zero attached hydrogens (tertiary/aromatic N) is 1. The SMILES string of the molecule is CC[C@H]1CC[C@H]2[C@@H]3CCC4=CC(=O)C(CN=O)C[C@]4(C)[C@H]3CC[C@]12C. The number of hydrogen-bond donors (Lipinski definition) is 0. The van der Waals surface area contributed by atoms with Crippen LogP contribution in [0.3, 0.4) is 0 Å². The molecule has 0 aromatic rings. The maximum absolute atomic E-state index is 12.4. The molecule has 0 amide bonds. The minimum absolute atomic E-state index is 0.123. The third kappa shape index (κ3) is 2.40. The van der Waals surface area contributed by atoms with Gasteiger partial charge in [-0.25, -0.2) is 0 Å². The molecule has 25 heavy (non-hydrogen) atoms. The van der Waals surface area contributed by atoms with E-state index in [1.54, 1.807) is 0 Å². The molecule has 3 saturated carbocycles. The van der Waals surface area contributed by atoms with E-state index in [1.807, 2.05) is 6.08 Å². The topological polar surface area (TPSA) is 46.5 Å². The van der Waals surface area contributed by atoms with Crippen molar-refractivity contribution < 1.29 is 4.79 Å². The molecule has 0 spiro atoms. The number of hydrogen-bond acceptors (Lipinski definition) is 3. The summed E-state index contributed by atoms with van der Waals surface area (Å²) in [6.45, 7) is 7.51. The van der Waals surface area contributed by atoms with Crippen LogP contribution < -0.4 is 0 Å². The van der Waals surface area contributed by atoms with Crippen LogP contribution in [0.15, 0.2) is 16.8 Å². The lowest BCUT2D eigenvalue weighted by atomic mass is 9.46. The van der Waals surface area contributed by atoms with Crippen molar-refractivity contribution in [2.24, 2.45) is 45.6 Å². The zero-order valence-corrected chi connectivity index (χ0v) is 16.1. The van der Waals surface area contributed by atoms with Crippen molar-refractivity contribution in [3.8, 4) is 0 Å². The highest BCUT2D eigenvalue weighted by molar-refractivity contribution is 5.94. The van der Waals surface area contributed by atoms with Crippen LogP contribution in [0.4, 0.5) is 0 Å². The fraction of sp³-hybridized carbons (Fsp3) is 0.864. The molecule has 0 N–H and O–H groups in total. The normalized spacial score (nSPS) is 49.0. The van der Waals surface area contributed by atoms with E-state index in [-0.39, 0.29) is 23.7 Å². The van der Waals surface area contributed by atoms with Gasteiger partial charge < -0.3 is 0 Å². The highest BCUT2D eigenvalue weighted by Crippen LogP contribution is 2.67. The van der Waals surface area contributed by atoms with Gasteiger partial charge in [0, 0.05) is 5.92 Å². The molecule has 3 heteroatoms. The molecule has 7 atom stereocenters. The number of nitroso groups, excluding NO2 is 1. The Labute approximate surface area is 152 Å². The minimum Gasteiger partial charge on any atom is -0.294 e. The van der Waals surface area contributed by atoms with Gasteiger partial charge in [0.05, 0.1) is 6.54 Å². The van der Waals surface area contributed by atoms with Crippen LogP contribution >= 0.6 is 0 Å². The molecule has 0 saturated heterocycles. The number of ketones is 1. The zero-order chi connectivity index (χ0) is 17.8. The highest BCUT2D eigenvalue weighted by atomic mass is 16.3. The molecule has 0 aromatic heterocycles. The minimum atomic E-state index is -0.176. The summed E-state index contributed by atoms with van der Waals surface area (Å²) in [5, 5.41) is 3.07. The largest absolute Gasteiger partial charge is 0.294 e. The van der Waals surface area contributed by atoms with Gasteiger partial charge in [0.2, 0.25) is 0 Å². The lowest BCUT2D eigenvalue weighted by Gasteiger charge is -2.58. The summed E-state index contributed by atoms with van der Waals surface area (Å²) < 4.78 is 0. The smallest absolute Gasteiger partial charge is 0.160 e. The summed E-state index contributed by atoms with van der Waals surface area (Å²) in [5.41, 5.74) is 2.05. The highest BCUT2D eigenvalue weighted by Gasteiger charge is 2.59.